The summed E-state index contributed by atoms with van der Waals surface area (Å²) in [6.45, 7) is 0.460. The summed E-state index contributed by atoms with van der Waals surface area (Å²) in [5, 5.41) is 4.08. The Bertz CT molecular complexity index is 743. The minimum absolute atomic E-state index is 0.460. The fraction of sp³-hybridized carbons (Fsp3) is 0.0952. The van der Waals surface area contributed by atoms with Crippen molar-refractivity contribution in [3.8, 4) is 0 Å². The summed E-state index contributed by atoms with van der Waals surface area (Å²) in [4.78, 5) is 5.60. The van der Waals surface area contributed by atoms with Gasteiger partial charge in [-0.05, 0) is 11.1 Å². The molecule has 24 heavy (non-hydrogen) atoms. The van der Waals surface area contributed by atoms with Gasteiger partial charge in [0.25, 0.3) is 6.29 Å². The molecule has 0 amide bonds. The second-order valence-corrected chi connectivity index (χ2v) is 5.29. The first-order chi connectivity index (χ1) is 11.9. The molecule has 0 aromatic heterocycles. The van der Waals surface area contributed by atoms with Crippen LogP contribution >= 0.6 is 0 Å². The summed E-state index contributed by atoms with van der Waals surface area (Å²) < 4.78 is 5.92. The quantitative estimate of drug-likeness (QED) is 0.350. The summed E-state index contributed by atoms with van der Waals surface area (Å²) in [6, 6.07) is 29.6. The number of benzene rings is 3. The molecule has 0 radical (unpaired) electrons. The summed E-state index contributed by atoms with van der Waals surface area (Å²) in [5.74, 6) is 0. The molecular formula is C21H19NO2. The van der Waals surface area contributed by atoms with Crippen molar-refractivity contribution in [2.45, 2.75) is 12.9 Å². The first kappa shape index (κ1) is 16.0. The molecule has 0 bridgehead atoms. The number of ether oxygens (including phenoxy) is 1. The predicted octanol–water partition coefficient (Wildman–Crippen LogP) is 4.95. The Balaban J connectivity index is 1.67. The zero-order valence-electron chi connectivity index (χ0n) is 13.3. The summed E-state index contributed by atoms with van der Waals surface area (Å²) >= 11 is 0. The highest BCUT2D eigenvalue weighted by Gasteiger charge is 2.13. The van der Waals surface area contributed by atoms with Crippen LogP contribution in [0.5, 0.6) is 0 Å². The second kappa shape index (κ2) is 8.65. The molecule has 0 saturated heterocycles. The Morgan fingerprint density at radius 1 is 0.750 bits per heavy atom. The molecule has 3 aromatic rings. The Kier molecular flexibility index (Phi) is 5.76. The van der Waals surface area contributed by atoms with Crippen molar-refractivity contribution >= 4 is 6.21 Å². The van der Waals surface area contributed by atoms with Gasteiger partial charge >= 0.3 is 0 Å². The molecule has 0 heterocycles. The van der Waals surface area contributed by atoms with E-state index in [0.717, 1.165) is 16.7 Å². The van der Waals surface area contributed by atoms with Gasteiger partial charge in [-0.1, -0.05) is 96.2 Å². The van der Waals surface area contributed by atoms with Crippen LogP contribution < -0.4 is 0 Å². The molecule has 3 aromatic carbocycles. The Labute approximate surface area is 142 Å². The van der Waals surface area contributed by atoms with Crippen LogP contribution in [0.25, 0.3) is 0 Å². The van der Waals surface area contributed by atoms with Crippen LogP contribution in [0.3, 0.4) is 0 Å². The van der Waals surface area contributed by atoms with Gasteiger partial charge in [0, 0.05) is 5.56 Å². The van der Waals surface area contributed by atoms with Crippen LogP contribution in [0.1, 0.15) is 23.0 Å². The van der Waals surface area contributed by atoms with Crippen molar-refractivity contribution in [3.05, 3.63) is 108 Å². The van der Waals surface area contributed by atoms with Crippen molar-refractivity contribution < 1.29 is 9.57 Å². The Hall–Kier alpha value is -2.91. The highest BCUT2D eigenvalue weighted by atomic mass is 16.8. The van der Waals surface area contributed by atoms with Crippen molar-refractivity contribution in [2.75, 3.05) is 0 Å². The average Bonchev–Trinajstić information content (AvgIpc) is 2.67. The number of nitrogens with zero attached hydrogens (tertiary/aromatic N) is 1. The molecule has 120 valence electrons. The molecule has 3 heteroatoms. The highest BCUT2D eigenvalue weighted by Crippen LogP contribution is 2.20. The Morgan fingerprint density at radius 2 is 1.33 bits per heavy atom. The fourth-order valence-electron chi connectivity index (χ4n) is 2.23. The van der Waals surface area contributed by atoms with Gasteiger partial charge in [0.05, 0.1) is 12.8 Å². The molecule has 0 saturated carbocycles. The highest BCUT2D eigenvalue weighted by molar-refractivity contribution is 5.78. The molecule has 0 aliphatic carbocycles. The maximum Gasteiger partial charge on any atom is 0.253 e. The third-order valence-corrected chi connectivity index (χ3v) is 3.47. The maximum atomic E-state index is 5.92. The van der Waals surface area contributed by atoms with E-state index in [1.807, 2.05) is 91.0 Å². The van der Waals surface area contributed by atoms with E-state index >= 15 is 0 Å². The van der Waals surface area contributed by atoms with Gasteiger partial charge in [0.2, 0.25) is 0 Å². The van der Waals surface area contributed by atoms with Crippen LogP contribution in [0, 0.1) is 0 Å². The molecule has 3 rings (SSSR count). The lowest BCUT2D eigenvalue weighted by molar-refractivity contribution is -0.153. The summed E-state index contributed by atoms with van der Waals surface area (Å²) in [6.07, 6.45) is 1.13. The smallest absolute Gasteiger partial charge is 0.253 e. The first-order valence-corrected chi connectivity index (χ1v) is 7.86. The maximum absolute atomic E-state index is 5.92. The fourth-order valence-corrected chi connectivity index (χ4v) is 2.23. The van der Waals surface area contributed by atoms with Crippen molar-refractivity contribution in [1.82, 2.24) is 0 Å². The zero-order valence-corrected chi connectivity index (χ0v) is 13.3. The predicted molar refractivity (Wildman–Crippen MR) is 95.5 cm³/mol. The third-order valence-electron chi connectivity index (χ3n) is 3.47. The number of hydrogen-bond donors (Lipinski definition) is 0. The van der Waals surface area contributed by atoms with Crippen molar-refractivity contribution in [3.63, 3.8) is 0 Å². The zero-order chi connectivity index (χ0) is 16.5. The molecular weight excluding hydrogens is 298 g/mol. The number of hydrogen-bond acceptors (Lipinski definition) is 3. The van der Waals surface area contributed by atoms with E-state index < -0.39 is 6.29 Å². The van der Waals surface area contributed by atoms with Gasteiger partial charge in [-0.3, -0.25) is 0 Å². The van der Waals surface area contributed by atoms with Crippen molar-refractivity contribution in [2.24, 2.45) is 5.16 Å². The number of rotatable bonds is 7. The molecule has 0 fully saturated rings. The van der Waals surface area contributed by atoms with E-state index in [0.29, 0.717) is 6.61 Å². The average molecular weight is 317 g/mol. The van der Waals surface area contributed by atoms with Gasteiger partial charge in [0.1, 0.15) is 0 Å². The van der Waals surface area contributed by atoms with Crippen LogP contribution in [-0.4, -0.2) is 6.21 Å². The lowest BCUT2D eigenvalue weighted by atomic mass is 10.2. The van der Waals surface area contributed by atoms with E-state index in [4.69, 9.17) is 9.57 Å². The lowest BCUT2D eigenvalue weighted by Gasteiger charge is -2.16. The van der Waals surface area contributed by atoms with Crippen LogP contribution in [0.4, 0.5) is 0 Å². The summed E-state index contributed by atoms with van der Waals surface area (Å²) in [5.41, 5.74) is 3.00. The Morgan fingerprint density at radius 3 is 2.00 bits per heavy atom. The van der Waals surface area contributed by atoms with E-state index in [2.05, 4.69) is 5.16 Å². The third kappa shape index (κ3) is 4.80. The minimum atomic E-state index is -0.550. The monoisotopic (exact) mass is 317 g/mol. The molecule has 0 N–H and O–H groups in total. The molecule has 0 aliphatic rings. The molecule has 0 spiro atoms. The molecule has 3 nitrogen and oxygen atoms in total. The molecule has 1 unspecified atom stereocenters. The van der Waals surface area contributed by atoms with E-state index in [-0.39, 0.29) is 0 Å². The first-order valence-electron chi connectivity index (χ1n) is 7.86. The van der Waals surface area contributed by atoms with Crippen LogP contribution in [-0.2, 0) is 16.2 Å². The lowest BCUT2D eigenvalue weighted by Crippen LogP contribution is -2.06. The second-order valence-electron chi connectivity index (χ2n) is 5.29. The standard InChI is InChI=1S/C21H19NO2/c1-4-10-18(11-5-1)16-22-24-21(20-14-8-3-9-15-20)23-17-19-12-6-2-7-13-19/h1-16,21H,17H2. The van der Waals surface area contributed by atoms with E-state index in [9.17, 15) is 0 Å². The topological polar surface area (TPSA) is 30.8 Å². The van der Waals surface area contributed by atoms with Gasteiger partial charge in [-0.2, -0.15) is 0 Å². The molecule has 1 atom stereocenters. The summed E-state index contributed by atoms with van der Waals surface area (Å²) in [7, 11) is 0. The van der Waals surface area contributed by atoms with E-state index in [1.54, 1.807) is 6.21 Å². The van der Waals surface area contributed by atoms with Crippen LogP contribution in [0.2, 0.25) is 0 Å². The number of oxime groups is 1. The van der Waals surface area contributed by atoms with Crippen molar-refractivity contribution in [1.29, 1.82) is 0 Å². The van der Waals surface area contributed by atoms with Gasteiger partial charge in [-0.15, -0.1) is 0 Å². The van der Waals surface area contributed by atoms with Gasteiger partial charge in [-0.25, -0.2) is 0 Å². The molecule has 0 aliphatic heterocycles. The van der Waals surface area contributed by atoms with E-state index in [1.165, 1.54) is 0 Å². The van der Waals surface area contributed by atoms with Gasteiger partial charge in [0.15, 0.2) is 0 Å². The SMILES string of the molecule is C(=NOC(OCc1ccccc1)c1ccccc1)c1ccccc1. The normalized spacial score (nSPS) is 12.2. The minimum Gasteiger partial charge on any atom is -0.358 e. The van der Waals surface area contributed by atoms with Crippen LogP contribution in [0.15, 0.2) is 96.2 Å². The largest absolute Gasteiger partial charge is 0.358 e. The van der Waals surface area contributed by atoms with Gasteiger partial charge < -0.3 is 9.57 Å².